The fraction of sp³-hybridized carbons (Fsp3) is 0.643. The molecule has 0 amide bonds. The molecular weight excluding hydrogens is 230 g/mol. The zero-order valence-electron chi connectivity index (χ0n) is 10.4. The van der Waals surface area contributed by atoms with E-state index in [-0.39, 0.29) is 0 Å². The summed E-state index contributed by atoms with van der Waals surface area (Å²) in [6, 6.07) is 2.03. The molecule has 0 saturated heterocycles. The molecule has 0 aliphatic heterocycles. The van der Waals surface area contributed by atoms with Crippen LogP contribution in [0.3, 0.4) is 0 Å². The van der Waals surface area contributed by atoms with Crippen molar-refractivity contribution in [3.63, 3.8) is 0 Å². The van der Waals surface area contributed by atoms with Gasteiger partial charge >= 0.3 is 0 Å². The molecule has 2 aliphatic carbocycles. The van der Waals surface area contributed by atoms with Crippen molar-refractivity contribution in [2.45, 2.75) is 49.8 Å². The first-order valence-corrected chi connectivity index (χ1v) is 7.73. The van der Waals surface area contributed by atoms with E-state index in [2.05, 4.69) is 17.0 Å². The Morgan fingerprint density at radius 2 is 2.18 bits per heavy atom. The van der Waals surface area contributed by atoms with Gasteiger partial charge in [0, 0.05) is 35.2 Å². The van der Waals surface area contributed by atoms with Gasteiger partial charge in [0.05, 0.1) is 0 Å². The van der Waals surface area contributed by atoms with Gasteiger partial charge in [0.2, 0.25) is 0 Å². The number of aromatic nitrogens is 1. The average Bonchev–Trinajstić information content (AvgIpc) is 2.68. The molecular formula is C14H19NOS. The minimum absolute atomic E-state index is 0.344. The number of hydrogen-bond acceptors (Lipinski definition) is 2. The predicted molar refractivity (Wildman–Crippen MR) is 71.8 cm³/mol. The van der Waals surface area contributed by atoms with E-state index in [4.69, 9.17) is 0 Å². The topological polar surface area (TPSA) is 22.0 Å². The van der Waals surface area contributed by atoms with Crippen LogP contribution in [0.2, 0.25) is 0 Å². The molecule has 2 aliphatic rings. The largest absolute Gasteiger partial charge is 0.349 e. The van der Waals surface area contributed by atoms with E-state index in [1.807, 2.05) is 17.8 Å². The summed E-state index contributed by atoms with van der Waals surface area (Å²) in [5.74, 6) is 0.344. The SMILES string of the molecule is CSC1(Cn2ccc3c2CCCC3=O)CCC1. The number of thioether (sulfide) groups is 1. The first-order valence-electron chi connectivity index (χ1n) is 6.50. The number of carbonyl (C=O) groups excluding carboxylic acids is 1. The third-order valence-corrected chi connectivity index (χ3v) is 5.76. The van der Waals surface area contributed by atoms with Gasteiger partial charge in [-0.25, -0.2) is 0 Å². The smallest absolute Gasteiger partial charge is 0.164 e. The van der Waals surface area contributed by atoms with Gasteiger partial charge in [-0.3, -0.25) is 4.79 Å². The quantitative estimate of drug-likeness (QED) is 0.820. The normalized spacial score (nSPS) is 22.1. The van der Waals surface area contributed by atoms with Gasteiger partial charge in [0.1, 0.15) is 0 Å². The zero-order valence-corrected chi connectivity index (χ0v) is 11.2. The number of ketones is 1. The maximum atomic E-state index is 11.8. The van der Waals surface area contributed by atoms with Crippen LogP contribution in [0.1, 0.15) is 48.2 Å². The van der Waals surface area contributed by atoms with E-state index >= 15 is 0 Å². The number of hydrogen-bond donors (Lipinski definition) is 0. The summed E-state index contributed by atoms with van der Waals surface area (Å²) in [5, 5.41) is 0. The van der Waals surface area contributed by atoms with Gasteiger partial charge < -0.3 is 4.57 Å². The fourth-order valence-corrected chi connectivity index (χ4v) is 4.01. The minimum atomic E-state index is 0.344. The Labute approximate surface area is 107 Å². The lowest BCUT2D eigenvalue weighted by Crippen LogP contribution is -2.38. The maximum Gasteiger partial charge on any atom is 0.164 e. The molecule has 1 heterocycles. The van der Waals surface area contributed by atoms with Gasteiger partial charge in [-0.05, 0) is 38.0 Å². The van der Waals surface area contributed by atoms with Gasteiger partial charge in [-0.15, -0.1) is 0 Å². The van der Waals surface area contributed by atoms with Crippen molar-refractivity contribution in [3.8, 4) is 0 Å². The van der Waals surface area contributed by atoms with Crippen LogP contribution in [0.5, 0.6) is 0 Å². The van der Waals surface area contributed by atoms with Crippen molar-refractivity contribution < 1.29 is 4.79 Å². The second kappa shape index (κ2) is 4.20. The number of Topliss-reactive ketones (excluding diaryl/α,β-unsaturated/α-hetero) is 1. The molecule has 0 atom stereocenters. The number of carbonyl (C=O) groups is 1. The lowest BCUT2D eigenvalue weighted by molar-refractivity contribution is 0.0971. The average molecular weight is 249 g/mol. The molecule has 2 nitrogen and oxygen atoms in total. The van der Waals surface area contributed by atoms with E-state index in [1.54, 1.807) is 0 Å². The Hall–Kier alpha value is -0.700. The molecule has 0 unspecified atom stereocenters. The molecule has 3 rings (SSSR count). The Morgan fingerprint density at radius 3 is 2.82 bits per heavy atom. The van der Waals surface area contributed by atoms with E-state index in [0.717, 1.165) is 31.4 Å². The molecule has 3 heteroatoms. The summed E-state index contributed by atoms with van der Waals surface area (Å²) in [6.45, 7) is 1.09. The summed E-state index contributed by atoms with van der Waals surface area (Å²) in [5.41, 5.74) is 2.29. The van der Waals surface area contributed by atoms with Crippen molar-refractivity contribution in [1.29, 1.82) is 0 Å². The van der Waals surface area contributed by atoms with Gasteiger partial charge in [-0.1, -0.05) is 6.42 Å². The van der Waals surface area contributed by atoms with Gasteiger partial charge in [-0.2, -0.15) is 11.8 Å². The van der Waals surface area contributed by atoms with E-state index in [9.17, 15) is 4.79 Å². The second-order valence-corrected chi connectivity index (χ2v) is 6.60. The van der Waals surface area contributed by atoms with Crippen LogP contribution in [-0.4, -0.2) is 21.4 Å². The third-order valence-electron chi connectivity index (χ3n) is 4.35. The lowest BCUT2D eigenvalue weighted by atomic mass is 9.84. The van der Waals surface area contributed by atoms with E-state index in [0.29, 0.717) is 10.5 Å². The van der Waals surface area contributed by atoms with Crippen molar-refractivity contribution in [3.05, 3.63) is 23.5 Å². The molecule has 0 bridgehead atoms. The van der Waals surface area contributed by atoms with E-state index < -0.39 is 0 Å². The van der Waals surface area contributed by atoms with Crippen LogP contribution < -0.4 is 0 Å². The summed E-state index contributed by atoms with van der Waals surface area (Å²) >= 11 is 2.00. The minimum Gasteiger partial charge on any atom is -0.349 e. The Morgan fingerprint density at radius 1 is 1.35 bits per heavy atom. The number of nitrogens with zero attached hydrogens (tertiary/aromatic N) is 1. The van der Waals surface area contributed by atoms with Crippen molar-refractivity contribution >= 4 is 17.5 Å². The van der Waals surface area contributed by atoms with Crippen LogP contribution in [0.4, 0.5) is 0 Å². The molecule has 1 aromatic heterocycles. The zero-order chi connectivity index (χ0) is 11.9. The number of rotatable bonds is 3. The molecule has 0 radical (unpaired) electrons. The molecule has 1 aromatic rings. The second-order valence-electron chi connectivity index (χ2n) is 5.32. The monoisotopic (exact) mass is 249 g/mol. The van der Waals surface area contributed by atoms with Crippen molar-refractivity contribution in [2.24, 2.45) is 0 Å². The molecule has 92 valence electrons. The lowest BCUT2D eigenvalue weighted by Gasteiger charge is -2.41. The maximum absolute atomic E-state index is 11.8. The Bertz CT molecular complexity index is 440. The highest BCUT2D eigenvalue weighted by molar-refractivity contribution is 8.00. The number of fused-ring (bicyclic) bond motifs is 1. The summed E-state index contributed by atoms with van der Waals surface area (Å²) in [7, 11) is 0. The summed E-state index contributed by atoms with van der Waals surface area (Å²) in [6.07, 6.45) is 11.2. The van der Waals surface area contributed by atoms with Crippen molar-refractivity contribution in [1.82, 2.24) is 4.57 Å². The van der Waals surface area contributed by atoms with Crippen LogP contribution >= 0.6 is 11.8 Å². The molecule has 0 spiro atoms. The van der Waals surface area contributed by atoms with Crippen LogP contribution in [0, 0.1) is 0 Å². The Kier molecular flexibility index (Phi) is 2.81. The first kappa shape index (κ1) is 11.4. The standard InChI is InChI=1S/C14H19NOS/c1-17-14(7-3-8-14)10-15-9-6-11-12(15)4-2-5-13(11)16/h6,9H,2-5,7-8,10H2,1H3. The fourth-order valence-electron chi connectivity index (χ4n) is 3.05. The van der Waals surface area contributed by atoms with E-state index in [1.165, 1.54) is 25.0 Å². The molecule has 0 N–H and O–H groups in total. The predicted octanol–water partition coefficient (Wildman–Crippen LogP) is 3.29. The van der Waals surface area contributed by atoms with Crippen LogP contribution in [-0.2, 0) is 13.0 Å². The van der Waals surface area contributed by atoms with Gasteiger partial charge in [0.15, 0.2) is 5.78 Å². The molecule has 17 heavy (non-hydrogen) atoms. The van der Waals surface area contributed by atoms with Crippen molar-refractivity contribution in [2.75, 3.05) is 6.26 Å². The van der Waals surface area contributed by atoms with Crippen LogP contribution in [0.15, 0.2) is 12.3 Å². The first-order chi connectivity index (χ1) is 8.24. The summed E-state index contributed by atoms with van der Waals surface area (Å²) in [4.78, 5) is 11.8. The highest BCUT2D eigenvalue weighted by Crippen LogP contribution is 2.44. The van der Waals surface area contributed by atoms with Gasteiger partial charge in [0.25, 0.3) is 0 Å². The molecule has 1 saturated carbocycles. The Balaban J connectivity index is 1.87. The summed E-state index contributed by atoms with van der Waals surface area (Å²) < 4.78 is 2.80. The van der Waals surface area contributed by atoms with Crippen LogP contribution in [0.25, 0.3) is 0 Å². The highest BCUT2D eigenvalue weighted by Gasteiger charge is 2.37. The molecule has 0 aromatic carbocycles. The highest BCUT2D eigenvalue weighted by atomic mass is 32.2. The third kappa shape index (κ3) is 1.85. The molecule has 1 fully saturated rings.